The predicted molar refractivity (Wildman–Crippen MR) is 116 cm³/mol. The first-order chi connectivity index (χ1) is 14.3. The van der Waals surface area contributed by atoms with Crippen molar-refractivity contribution in [2.75, 3.05) is 32.9 Å². The Labute approximate surface area is 180 Å². The van der Waals surface area contributed by atoms with Crippen molar-refractivity contribution >= 4 is 11.8 Å². The van der Waals surface area contributed by atoms with Crippen LogP contribution in [0.15, 0.2) is 24.3 Å². The minimum absolute atomic E-state index is 0.177. The molecule has 0 spiro atoms. The fraction of sp³-hybridized carbons (Fsp3) is 0.667. The first-order valence-corrected chi connectivity index (χ1v) is 11.2. The van der Waals surface area contributed by atoms with E-state index in [0.717, 1.165) is 37.9 Å². The maximum Gasteiger partial charge on any atom is 0.234 e. The van der Waals surface area contributed by atoms with E-state index >= 15 is 0 Å². The Balaban J connectivity index is 1.28. The molecule has 2 fully saturated rings. The fourth-order valence-corrected chi connectivity index (χ4v) is 4.19. The van der Waals surface area contributed by atoms with E-state index in [9.17, 15) is 9.59 Å². The summed E-state index contributed by atoms with van der Waals surface area (Å²) in [6.45, 7) is 10.9. The summed E-state index contributed by atoms with van der Waals surface area (Å²) in [5, 5.41) is 2.42. The standard InChI is InChI=1S/C24H36N2O4/c1-24(2,3)26-13-10-20(11-14-26)30-17-16-29-15-12-18-4-6-19(7-5-18)21-8-9-22(27)25-23(21)28/h4-7,20-21H,8-17H2,1-3H3,(H,25,27,28). The molecule has 30 heavy (non-hydrogen) atoms. The Kier molecular flexibility index (Phi) is 8.03. The Morgan fingerprint density at radius 1 is 1.00 bits per heavy atom. The molecule has 6 nitrogen and oxygen atoms in total. The molecule has 1 N–H and O–H groups in total. The predicted octanol–water partition coefficient (Wildman–Crippen LogP) is 3.05. The number of carbonyl (C=O) groups excluding carboxylic acids is 2. The number of likely N-dealkylation sites (tertiary alicyclic amines) is 1. The van der Waals surface area contributed by atoms with E-state index in [-0.39, 0.29) is 23.3 Å². The Hall–Kier alpha value is -1.76. The third-order valence-electron chi connectivity index (χ3n) is 6.13. The zero-order valence-corrected chi connectivity index (χ0v) is 18.6. The first-order valence-electron chi connectivity index (χ1n) is 11.2. The maximum absolute atomic E-state index is 12.0. The van der Waals surface area contributed by atoms with Crippen LogP contribution in [-0.2, 0) is 25.5 Å². The van der Waals surface area contributed by atoms with Crippen molar-refractivity contribution in [3.8, 4) is 0 Å². The molecule has 2 saturated heterocycles. The van der Waals surface area contributed by atoms with Gasteiger partial charge in [0.2, 0.25) is 11.8 Å². The van der Waals surface area contributed by atoms with Gasteiger partial charge in [-0.3, -0.25) is 19.8 Å². The second-order valence-electron chi connectivity index (χ2n) is 9.34. The van der Waals surface area contributed by atoms with Crippen molar-refractivity contribution in [1.29, 1.82) is 0 Å². The largest absolute Gasteiger partial charge is 0.379 e. The summed E-state index contributed by atoms with van der Waals surface area (Å²) in [6, 6.07) is 8.06. The van der Waals surface area contributed by atoms with Gasteiger partial charge in [0.15, 0.2) is 0 Å². The molecule has 0 bridgehead atoms. The van der Waals surface area contributed by atoms with Crippen molar-refractivity contribution in [3.63, 3.8) is 0 Å². The number of carbonyl (C=O) groups is 2. The van der Waals surface area contributed by atoms with Crippen LogP contribution in [0.1, 0.15) is 63.5 Å². The number of rotatable bonds is 8. The van der Waals surface area contributed by atoms with E-state index in [0.29, 0.717) is 38.8 Å². The molecule has 0 aliphatic carbocycles. The summed E-state index contributed by atoms with van der Waals surface area (Å²) in [5.41, 5.74) is 2.39. The van der Waals surface area contributed by atoms with Crippen LogP contribution in [0, 0.1) is 0 Å². The minimum atomic E-state index is -0.222. The molecule has 2 aliphatic rings. The highest BCUT2D eigenvalue weighted by Crippen LogP contribution is 2.25. The van der Waals surface area contributed by atoms with Gasteiger partial charge in [-0.15, -0.1) is 0 Å². The van der Waals surface area contributed by atoms with Crippen LogP contribution in [0.4, 0.5) is 0 Å². The molecule has 166 valence electrons. The number of nitrogens with one attached hydrogen (secondary N) is 1. The van der Waals surface area contributed by atoms with Crippen molar-refractivity contribution in [3.05, 3.63) is 35.4 Å². The Morgan fingerprint density at radius 2 is 1.70 bits per heavy atom. The molecule has 1 aromatic rings. The molecule has 3 rings (SSSR count). The second-order valence-corrected chi connectivity index (χ2v) is 9.34. The summed E-state index contributed by atoms with van der Waals surface area (Å²) >= 11 is 0. The van der Waals surface area contributed by atoms with Crippen molar-refractivity contribution in [2.45, 2.75) is 70.4 Å². The van der Waals surface area contributed by atoms with Crippen molar-refractivity contribution in [1.82, 2.24) is 10.2 Å². The van der Waals surface area contributed by atoms with Gasteiger partial charge in [-0.25, -0.2) is 0 Å². The third-order valence-corrected chi connectivity index (χ3v) is 6.13. The number of piperidine rings is 2. The van der Waals surface area contributed by atoms with E-state index in [1.54, 1.807) is 0 Å². The normalized spacial score (nSPS) is 21.6. The van der Waals surface area contributed by atoms with Crippen LogP contribution in [0.3, 0.4) is 0 Å². The highest BCUT2D eigenvalue weighted by Gasteiger charge is 2.28. The van der Waals surface area contributed by atoms with Crippen molar-refractivity contribution < 1.29 is 19.1 Å². The average Bonchev–Trinajstić information content (AvgIpc) is 2.71. The summed E-state index contributed by atoms with van der Waals surface area (Å²) in [4.78, 5) is 25.8. The molecule has 0 saturated carbocycles. The fourth-order valence-electron chi connectivity index (χ4n) is 4.19. The van der Waals surface area contributed by atoms with Crippen LogP contribution >= 0.6 is 0 Å². The number of hydrogen-bond donors (Lipinski definition) is 1. The molecular weight excluding hydrogens is 380 g/mol. The van der Waals surface area contributed by atoms with E-state index in [1.165, 1.54) is 5.56 Å². The van der Waals surface area contributed by atoms with Gasteiger partial charge in [0.05, 0.1) is 31.8 Å². The maximum atomic E-state index is 12.0. The van der Waals surface area contributed by atoms with Gasteiger partial charge >= 0.3 is 0 Å². The van der Waals surface area contributed by atoms with Gasteiger partial charge < -0.3 is 9.47 Å². The topological polar surface area (TPSA) is 67.9 Å². The second kappa shape index (κ2) is 10.5. The van der Waals surface area contributed by atoms with Crippen molar-refractivity contribution in [2.24, 2.45) is 0 Å². The number of imide groups is 1. The summed E-state index contributed by atoms with van der Waals surface area (Å²) in [6.07, 6.45) is 4.37. The molecule has 0 aromatic heterocycles. The quantitative estimate of drug-likeness (QED) is 0.521. The molecule has 6 heteroatoms. The van der Waals surface area contributed by atoms with Gasteiger partial charge in [0.25, 0.3) is 0 Å². The molecule has 2 heterocycles. The third kappa shape index (κ3) is 6.62. The van der Waals surface area contributed by atoms with Gasteiger partial charge in [-0.05, 0) is 57.6 Å². The summed E-state index contributed by atoms with van der Waals surface area (Å²) in [5.74, 6) is -0.587. The van der Waals surface area contributed by atoms with E-state index < -0.39 is 0 Å². The Morgan fingerprint density at radius 3 is 2.33 bits per heavy atom. The molecule has 1 aromatic carbocycles. The van der Waals surface area contributed by atoms with Gasteiger partial charge in [0, 0.05) is 25.0 Å². The number of hydrogen-bond acceptors (Lipinski definition) is 5. The number of nitrogens with zero attached hydrogens (tertiary/aromatic N) is 1. The summed E-state index contributed by atoms with van der Waals surface area (Å²) < 4.78 is 11.7. The smallest absolute Gasteiger partial charge is 0.234 e. The average molecular weight is 417 g/mol. The lowest BCUT2D eigenvalue weighted by atomic mass is 9.90. The Bertz CT molecular complexity index is 703. The van der Waals surface area contributed by atoms with Gasteiger partial charge in [0.1, 0.15) is 0 Å². The number of benzene rings is 1. The van der Waals surface area contributed by atoms with E-state index in [2.05, 4.69) is 31.0 Å². The van der Waals surface area contributed by atoms with Crippen LogP contribution in [-0.4, -0.2) is 61.3 Å². The SMILES string of the molecule is CC(C)(C)N1CCC(OCCOCCc2ccc(C3CCC(=O)NC3=O)cc2)CC1. The monoisotopic (exact) mass is 416 g/mol. The lowest BCUT2D eigenvalue weighted by Gasteiger charge is -2.40. The molecule has 1 atom stereocenters. The van der Waals surface area contributed by atoms with Crippen LogP contribution in [0.2, 0.25) is 0 Å². The lowest BCUT2D eigenvalue weighted by molar-refractivity contribution is -0.134. The van der Waals surface area contributed by atoms with E-state index in [1.807, 2.05) is 24.3 Å². The molecule has 0 radical (unpaired) electrons. The van der Waals surface area contributed by atoms with Gasteiger partial charge in [-0.2, -0.15) is 0 Å². The van der Waals surface area contributed by atoms with Gasteiger partial charge in [-0.1, -0.05) is 24.3 Å². The van der Waals surface area contributed by atoms with Crippen LogP contribution in [0.25, 0.3) is 0 Å². The zero-order valence-electron chi connectivity index (χ0n) is 18.6. The first kappa shape index (κ1) is 22.9. The minimum Gasteiger partial charge on any atom is -0.379 e. The van der Waals surface area contributed by atoms with Crippen LogP contribution < -0.4 is 5.32 Å². The number of ether oxygens (including phenoxy) is 2. The molecule has 2 aliphatic heterocycles. The highest BCUT2D eigenvalue weighted by molar-refractivity contribution is 6.00. The zero-order chi connectivity index (χ0) is 21.6. The molecule has 2 amide bonds. The van der Waals surface area contributed by atoms with Crippen LogP contribution in [0.5, 0.6) is 0 Å². The lowest BCUT2D eigenvalue weighted by Crippen LogP contribution is -2.47. The van der Waals surface area contributed by atoms with E-state index in [4.69, 9.17) is 9.47 Å². The highest BCUT2D eigenvalue weighted by atomic mass is 16.5. The molecular formula is C24H36N2O4. The molecule has 1 unspecified atom stereocenters. The summed E-state index contributed by atoms with van der Waals surface area (Å²) in [7, 11) is 0. The number of amides is 2.